The van der Waals surface area contributed by atoms with Crippen LogP contribution in [0, 0.1) is 6.92 Å². The molecule has 7 nitrogen and oxygen atoms in total. The van der Waals surface area contributed by atoms with E-state index in [2.05, 4.69) is 15.5 Å². The molecule has 2 aromatic heterocycles. The molecule has 0 aliphatic carbocycles. The molecule has 1 aliphatic heterocycles. The van der Waals surface area contributed by atoms with Crippen LogP contribution in [0.5, 0.6) is 0 Å². The Hall–Kier alpha value is -2.54. The first kappa shape index (κ1) is 17.3. The van der Waals surface area contributed by atoms with Crippen LogP contribution in [0.15, 0.2) is 39.4 Å². The van der Waals surface area contributed by atoms with Crippen molar-refractivity contribution in [1.29, 1.82) is 0 Å². The molecule has 3 rings (SSSR count). The second-order valence-corrected chi connectivity index (χ2v) is 6.29. The summed E-state index contributed by atoms with van der Waals surface area (Å²) in [5, 5.41) is 5.84. The highest BCUT2D eigenvalue weighted by atomic mass is 16.3. The molecule has 1 saturated heterocycles. The van der Waals surface area contributed by atoms with Gasteiger partial charge in [-0.15, -0.1) is 0 Å². The fourth-order valence-electron chi connectivity index (χ4n) is 2.91. The molecule has 2 amide bonds. The summed E-state index contributed by atoms with van der Waals surface area (Å²) >= 11 is 0. The highest BCUT2D eigenvalue weighted by Gasteiger charge is 2.23. The number of piperidine rings is 1. The van der Waals surface area contributed by atoms with Crippen LogP contribution in [0.3, 0.4) is 0 Å². The third-order valence-corrected chi connectivity index (χ3v) is 4.29. The molecular formula is C18H23N3O4. The molecule has 7 heteroatoms. The highest BCUT2D eigenvalue weighted by molar-refractivity contribution is 5.91. The summed E-state index contributed by atoms with van der Waals surface area (Å²) in [6.07, 6.45) is 3.22. The minimum absolute atomic E-state index is 0.0232. The molecule has 134 valence electrons. The van der Waals surface area contributed by atoms with Crippen molar-refractivity contribution in [3.63, 3.8) is 0 Å². The van der Waals surface area contributed by atoms with Gasteiger partial charge in [-0.05, 0) is 44.0 Å². The van der Waals surface area contributed by atoms with E-state index in [0.717, 1.165) is 37.5 Å². The molecule has 0 atom stereocenters. The van der Waals surface area contributed by atoms with Gasteiger partial charge in [0, 0.05) is 19.1 Å². The largest absolute Gasteiger partial charge is 0.467 e. The monoisotopic (exact) mass is 345 g/mol. The lowest BCUT2D eigenvalue weighted by atomic mass is 10.0. The molecule has 2 N–H and O–H groups in total. The molecule has 25 heavy (non-hydrogen) atoms. The van der Waals surface area contributed by atoms with Crippen molar-refractivity contribution in [1.82, 2.24) is 15.5 Å². The zero-order valence-corrected chi connectivity index (χ0v) is 14.3. The van der Waals surface area contributed by atoms with Gasteiger partial charge in [0.05, 0.1) is 19.4 Å². The van der Waals surface area contributed by atoms with Crippen LogP contribution in [-0.4, -0.2) is 42.4 Å². The lowest BCUT2D eigenvalue weighted by molar-refractivity contribution is -0.122. The number of hydrogen-bond donors (Lipinski definition) is 2. The zero-order chi connectivity index (χ0) is 17.6. The number of rotatable bonds is 6. The van der Waals surface area contributed by atoms with Gasteiger partial charge in [0.2, 0.25) is 5.91 Å². The van der Waals surface area contributed by atoms with E-state index in [1.165, 1.54) is 0 Å². The van der Waals surface area contributed by atoms with Crippen LogP contribution in [0.4, 0.5) is 0 Å². The quantitative estimate of drug-likeness (QED) is 0.832. The van der Waals surface area contributed by atoms with Crippen molar-refractivity contribution in [2.75, 3.05) is 19.6 Å². The van der Waals surface area contributed by atoms with Crippen LogP contribution in [0.25, 0.3) is 0 Å². The average Bonchev–Trinajstić information content (AvgIpc) is 3.26. The van der Waals surface area contributed by atoms with Crippen molar-refractivity contribution >= 4 is 11.8 Å². The van der Waals surface area contributed by atoms with Crippen LogP contribution in [0.2, 0.25) is 0 Å². The minimum atomic E-state index is -0.178. The van der Waals surface area contributed by atoms with Gasteiger partial charge < -0.3 is 19.5 Å². The summed E-state index contributed by atoms with van der Waals surface area (Å²) in [5.41, 5.74) is 0. The lowest BCUT2D eigenvalue weighted by Crippen LogP contribution is -2.47. The van der Waals surface area contributed by atoms with Crippen molar-refractivity contribution in [2.24, 2.45) is 0 Å². The molecule has 1 aliphatic rings. The fraction of sp³-hybridized carbons (Fsp3) is 0.444. The second kappa shape index (κ2) is 8.02. The number of hydrogen-bond acceptors (Lipinski definition) is 5. The van der Waals surface area contributed by atoms with E-state index in [9.17, 15) is 9.59 Å². The van der Waals surface area contributed by atoms with Gasteiger partial charge in [-0.3, -0.25) is 14.5 Å². The number of amides is 2. The van der Waals surface area contributed by atoms with E-state index in [1.807, 2.05) is 13.0 Å². The van der Waals surface area contributed by atoms with Crippen molar-refractivity contribution in [3.8, 4) is 0 Å². The normalized spacial score (nSPS) is 15.9. The molecule has 0 aromatic carbocycles. The van der Waals surface area contributed by atoms with Gasteiger partial charge in [0.1, 0.15) is 11.5 Å². The van der Waals surface area contributed by atoms with Gasteiger partial charge >= 0.3 is 0 Å². The number of carbonyl (C=O) groups excluding carboxylic acids is 2. The van der Waals surface area contributed by atoms with Gasteiger partial charge in [0.15, 0.2) is 5.76 Å². The van der Waals surface area contributed by atoms with Gasteiger partial charge in [-0.25, -0.2) is 0 Å². The van der Waals surface area contributed by atoms with E-state index < -0.39 is 0 Å². The Labute approximate surface area is 146 Å². The summed E-state index contributed by atoms with van der Waals surface area (Å²) in [7, 11) is 0. The van der Waals surface area contributed by atoms with Gasteiger partial charge in [-0.2, -0.15) is 0 Å². The van der Waals surface area contributed by atoms with Crippen molar-refractivity contribution < 1.29 is 18.4 Å². The number of carbonyl (C=O) groups is 2. The third kappa shape index (κ3) is 4.96. The maximum Gasteiger partial charge on any atom is 0.287 e. The van der Waals surface area contributed by atoms with E-state index in [0.29, 0.717) is 18.8 Å². The third-order valence-electron chi connectivity index (χ3n) is 4.29. The highest BCUT2D eigenvalue weighted by Crippen LogP contribution is 2.12. The molecule has 0 spiro atoms. The topological polar surface area (TPSA) is 87.7 Å². The lowest BCUT2D eigenvalue weighted by Gasteiger charge is -2.31. The Kier molecular flexibility index (Phi) is 5.55. The molecule has 1 fully saturated rings. The Bertz CT molecular complexity index is 700. The number of aryl methyl sites for hydroxylation is 1. The Balaban J connectivity index is 1.36. The van der Waals surface area contributed by atoms with Crippen LogP contribution in [0.1, 0.15) is 34.9 Å². The standard InChI is InChI=1S/C18H23N3O4/c1-13-4-5-16(25-13)18(23)20-14-6-8-21(9-7-14)12-17(22)19-11-15-3-2-10-24-15/h2-5,10,14H,6-9,11-12H2,1H3,(H,19,22)(H,20,23). The maximum absolute atomic E-state index is 12.1. The average molecular weight is 345 g/mol. The predicted octanol–water partition coefficient (Wildman–Crippen LogP) is 1.69. The van der Waals surface area contributed by atoms with E-state index in [1.54, 1.807) is 24.5 Å². The first-order valence-corrected chi connectivity index (χ1v) is 8.49. The maximum atomic E-state index is 12.1. The number of nitrogens with zero attached hydrogens (tertiary/aromatic N) is 1. The molecule has 0 saturated carbocycles. The second-order valence-electron chi connectivity index (χ2n) is 6.29. The molecule has 0 bridgehead atoms. The molecule has 2 aromatic rings. The van der Waals surface area contributed by atoms with Crippen LogP contribution >= 0.6 is 0 Å². The predicted molar refractivity (Wildman–Crippen MR) is 90.9 cm³/mol. The Morgan fingerprint density at radius 2 is 2.04 bits per heavy atom. The summed E-state index contributed by atoms with van der Waals surface area (Å²) in [5.74, 6) is 1.60. The Morgan fingerprint density at radius 1 is 1.24 bits per heavy atom. The number of furan rings is 2. The zero-order valence-electron chi connectivity index (χ0n) is 14.3. The molecule has 3 heterocycles. The van der Waals surface area contributed by atoms with Crippen molar-refractivity contribution in [2.45, 2.75) is 32.4 Å². The number of likely N-dealkylation sites (tertiary alicyclic amines) is 1. The summed E-state index contributed by atoms with van der Waals surface area (Å²) in [6, 6.07) is 7.20. The smallest absolute Gasteiger partial charge is 0.287 e. The Morgan fingerprint density at radius 3 is 2.68 bits per heavy atom. The molecular weight excluding hydrogens is 322 g/mol. The van der Waals surface area contributed by atoms with Gasteiger partial charge in [0.25, 0.3) is 5.91 Å². The summed E-state index contributed by atoms with van der Waals surface area (Å²) in [4.78, 5) is 26.2. The minimum Gasteiger partial charge on any atom is -0.467 e. The number of nitrogens with one attached hydrogen (secondary N) is 2. The first-order valence-electron chi connectivity index (χ1n) is 8.49. The SMILES string of the molecule is Cc1ccc(C(=O)NC2CCN(CC(=O)NCc3ccco3)CC2)o1. The fourth-order valence-corrected chi connectivity index (χ4v) is 2.91. The first-order chi connectivity index (χ1) is 12.1. The van der Waals surface area contributed by atoms with Crippen molar-refractivity contribution in [3.05, 3.63) is 47.8 Å². The summed E-state index contributed by atoms with van der Waals surface area (Å²) < 4.78 is 10.5. The molecule has 0 unspecified atom stereocenters. The van der Waals surface area contributed by atoms with E-state index in [4.69, 9.17) is 8.83 Å². The van der Waals surface area contributed by atoms with E-state index >= 15 is 0 Å². The van der Waals surface area contributed by atoms with Crippen LogP contribution < -0.4 is 10.6 Å². The van der Waals surface area contributed by atoms with Gasteiger partial charge in [-0.1, -0.05) is 0 Å². The van der Waals surface area contributed by atoms with E-state index in [-0.39, 0.29) is 17.9 Å². The van der Waals surface area contributed by atoms with Crippen LogP contribution in [-0.2, 0) is 11.3 Å². The molecule has 0 radical (unpaired) electrons. The summed E-state index contributed by atoms with van der Waals surface area (Å²) in [6.45, 7) is 4.12.